The highest BCUT2D eigenvalue weighted by Gasteiger charge is 2.34. The minimum atomic E-state index is -0.169. The fraction of sp³-hybridized carbons (Fsp3) is 0.375. The van der Waals surface area contributed by atoms with E-state index in [9.17, 15) is 9.90 Å². The molecule has 0 spiro atoms. The van der Waals surface area contributed by atoms with E-state index in [1.807, 2.05) is 25.1 Å². The van der Waals surface area contributed by atoms with E-state index in [0.717, 1.165) is 29.5 Å². The number of nitrogens with zero attached hydrogens (tertiary/aromatic N) is 1. The van der Waals surface area contributed by atoms with Gasteiger partial charge in [-0.05, 0) is 68.1 Å². The average Bonchev–Trinajstić information content (AvgIpc) is 3.02. The molecular formula is C24H26BrNO4. The first-order chi connectivity index (χ1) is 14.4. The van der Waals surface area contributed by atoms with Crippen LogP contribution >= 0.6 is 15.9 Å². The van der Waals surface area contributed by atoms with E-state index in [-0.39, 0.29) is 17.3 Å². The summed E-state index contributed by atoms with van der Waals surface area (Å²) < 4.78 is 12.4. The molecule has 4 rings (SSSR count). The van der Waals surface area contributed by atoms with Crippen LogP contribution in [0.2, 0.25) is 0 Å². The topological polar surface area (TPSA) is 59.0 Å². The molecule has 5 nitrogen and oxygen atoms in total. The second-order valence-electron chi connectivity index (χ2n) is 8.20. The second kappa shape index (κ2) is 8.44. The summed E-state index contributed by atoms with van der Waals surface area (Å²) in [4.78, 5) is 15.5. The van der Waals surface area contributed by atoms with Gasteiger partial charge in [-0.3, -0.25) is 9.69 Å². The Bertz CT molecular complexity index is 1030. The lowest BCUT2D eigenvalue weighted by Gasteiger charge is -2.31. The van der Waals surface area contributed by atoms with Crippen molar-refractivity contribution in [3.05, 3.63) is 56.8 Å². The molecular weight excluding hydrogens is 446 g/mol. The van der Waals surface area contributed by atoms with E-state index < -0.39 is 0 Å². The first-order valence-electron chi connectivity index (χ1n) is 10.2. The summed E-state index contributed by atoms with van der Waals surface area (Å²) in [6.45, 7) is 6.61. The molecule has 1 fully saturated rings. The molecule has 2 heterocycles. The third-order valence-corrected chi connectivity index (χ3v) is 6.32. The molecule has 6 heteroatoms. The third kappa shape index (κ3) is 3.98. The van der Waals surface area contributed by atoms with E-state index in [2.05, 4.69) is 27.8 Å². The van der Waals surface area contributed by atoms with Crippen molar-refractivity contribution in [3.63, 3.8) is 0 Å². The van der Waals surface area contributed by atoms with Crippen LogP contribution in [0.15, 0.2) is 34.5 Å². The van der Waals surface area contributed by atoms with E-state index in [1.54, 1.807) is 19.3 Å². The number of ketones is 1. The number of carbonyl (C=O) groups excluding carboxylic acids is 1. The van der Waals surface area contributed by atoms with Crippen molar-refractivity contribution in [2.45, 2.75) is 33.2 Å². The molecule has 2 aromatic carbocycles. The van der Waals surface area contributed by atoms with Gasteiger partial charge >= 0.3 is 0 Å². The van der Waals surface area contributed by atoms with Crippen molar-refractivity contribution < 1.29 is 19.4 Å². The molecule has 0 aromatic heterocycles. The van der Waals surface area contributed by atoms with Crippen LogP contribution in [0.3, 0.4) is 0 Å². The molecule has 1 atom stereocenters. The number of fused-ring (bicyclic) bond motifs is 1. The first kappa shape index (κ1) is 20.9. The van der Waals surface area contributed by atoms with Crippen LogP contribution in [0, 0.1) is 12.8 Å². The maximum atomic E-state index is 13.2. The first-order valence-corrected chi connectivity index (χ1v) is 11.0. The molecule has 2 aliphatic heterocycles. The highest BCUT2D eigenvalue weighted by Crippen LogP contribution is 2.43. The molecule has 2 aromatic rings. The standard InChI is InChI=1S/C24H26BrNO4/c1-14-5-4-8-26(12-14)13-18-19(27)9-15(2)22-23(28)21(30-24(18)22)11-16-10-17(25)6-7-20(16)29-3/h6-7,9-11,14,27H,4-5,8,12-13H2,1-3H3/b21-11+. The number of methoxy groups -OCH3 is 1. The van der Waals surface area contributed by atoms with Gasteiger partial charge in [0, 0.05) is 23.1 Å². The normalized spacial score (nSPS) is 20.3. The molecule has 0 radical (unpaired) electrons. The number of phenols is 1. The summed E-state index contributed by atoms with van der Waals surface area (Å²) in [7, 11) is 1.59. The van der Waals surface area contributed by atoms with Crippen LogP contribution in [0.5, 0.6) is 17.2 Å². The van der Waals surface area contributed by atoms with Gasteiger partial charge < -0.3 is 14.6 Å². The van der Waals surface area contributed by atoms with Crippen LogP contribution in [0.1, 0.15) is 46.8 Å². The van der Waals surface area contributed by atoms with Gasteiger partial charge in [-0.25, -0.2) is 0 Å². The van der Waals surface area contributed by atoms with E-state index in [0.29, 0.717) is 40.7 Å². The molecule has 0 aliphatic carbocycles. The number of hydrogen-bond donors (Lipinski definition) is 1. The monoisotopic (exact) mass is 471 g/mol. The number of likely N-dealkylation sites (tertiary alicyclic amines) is 1. The SMILES string of the molecule is COc1ccc(Br)cc1/C=C1/Oc2c(CN3CCCC(C)C3)c(O)cc(C)c2C1=O. The van der Waals surface area contributed by atoms with Crippen LogP contribution in [0.25, 0.3) is 6.08 Å². The Kier molecular flexibility index (Phi) is 5.89. The zero-order chi connectivity index (χ0) is 21.4. The lowest BCUT2D eigenvalue weighted by molar-refractivity contribution is 0.101. The predicted molar refractivity (Wildman–Crippen MR) is 120 cm³/mol. The molecule has 0 amide bonds. The number of benzene rings is 2. The summed E-state index contributed by atoms with van der Waals surface area (Å²) in [5.74, 6) is 2.01. The molecule has 1 unspecified atom stereocenters. The Labute approximate surface area is 185 Å². The lowest BCUT2D eigenvalue weighted by Crippen LogP contribution is -2.33. The van der Waals surface area contributed by atoms with Crippen LogP contribution in [-0.4, -0.2) is 36.0 Å². The van der Waals surface area contributed by atoms with Gasteiger partial charge in [-0.15, -0.1) is 0 Å². The maximum absolute atomic E-state index is 13.2. The number of ether oxygens (including phenoxy) is 2. The van der Waals surface area contributed by atoms with Crippen molar-refractivity contribution >= 4 is 27.8 Å². The van der Waals surface area contributed by atoms with Gasteiger partial charge in [0.05, 0.1) is 18.2 Å². The predicted octanol–water partition coefficient (Wildman–Crippen LogP) is 5.32. The fourth-order valence-electron chi connectivity index (χ4n) is 4.35. The van der Waals surface area contributed by atoms with Crippen molar-refractivity contribution in [2.24, 2.45) is 5.92 Å². The van der Waals surface area contributed by atoms with Crippen LogP contribution < -0.4 is 9.47 Å². The van der Waals surface area contributed by atoms with Crippen molar-refractivity contribution in [1.82, 2.24) is 4.90 Å². The van der Waals surface area contributed by atoms with Crippen LogP contribution in [0.4, 0.5) is 0 Å². The van der Waals surface area contributed by atoms with Gasteiger partial charge in [-0.1, -0.05) is 22.9 Å². The zero-order valence-electron chi connectivity index (χ0n) is 17.5. The van der Waals surface area contributed by atoms with Crippen molar-refractivity contribution in [2.75, 3.05) is 20.2 Å². The molecule has 1 N–H and O–H groups in total. The number of halogens is 1. The quantitative estimate of drug-likeness (QED) is 0.611. The molecule has 0 bridgehead atoms. The Morgan fingerprint density at radius 3 is 2.90 bits per heavy atom. The number of hydrogen-bond acceptors (Lipinski definition) is 5. The summed E-state index contributed by atoms with van der Waals surface area (Å²) in [6, 6.07) is 7.27. The Balaban J connectivity index is 1.72. The van der Waals surface area contributed by atoms with Gasteiger partial charge in [-0.2, -0.15) is 0 Å². The van der Waals surface area contributed by atoms with Gasteiger partial charge in [0.2, 0.25) is 5.78 Å². The number of aromatic hydroxyl groups is 1. The number of Topliss-reactive ketones (excluding diaryl/α,β-unsaturated/α-hetero) is 1. The summed E-state index contributed by atoms with van der Waals surface area (Å²) in [5, 5.41) is 10.7. The fourth-order valence-corrected chi connectivity index (χ4v) is 4.72. The molecule has 2 aliphatic rings. The number of phenolic OH excluding ortho intramolecular Hbond substituents is 1. The smallest absolute Gasteiger partial charge is 0.232 e. The number of allylic oxidation sites excluding steroid dienone is 1. The summed E-state index contributed by atoms with van der Waals surface area (Å²) in [5.41, 5.74) is 2.68. The van der Waals surface area contributed by atoms with Crippen LogP contribution in [-0.2, 0) is 6.54 Å². The number of carbonyl (C=O) groups is 1. The third-order valence-electron chi connectivity index (χ3n) is 5.82. The van der Waals surface area contributed by atoms with E-state index in [4.69, 9.17) is 9.47 Å². The summed E-state index contributed by atoms with van der Waals surface area (Å²) in [6.07, 6.45) is 4.07. The highest BCUT2D eigenvalue weighted by atomic mass is 79.9. The minimum absolute atomic E-state index is 0.169. The van der Waals surface area contributed by atoms with E-state index in [1.165, 1.54) is 6.42 Å². The number of rotatable bonds is 4. The Hall–Kier alpha value is -2.31. The maximum Gasteiger partial charge on any atom is 0.232 e. The second-order valence-corrected chi connectivity index (χ2v) is 9.12. The zero-order valence-corrected chi connectivity index (χ0v) is 19.1. The molecule has 1 saturated heterocycles. The number of aryl methyl sites for hydroxylation is 1. The molecule has 30 heavy (non-hydrogen) atoms. The van der Waals surface area contributed by atoms with Gasteiger partial charge in [0.15, 0.2) is 5.76 Å². The minimum Gasteiger partial charge on any atom is -0.507 e. The highest BCUT2D eigenvalue weighted by molar-refractivity contribution is 9.10. The lowest BCUT2D eigenvalue weighted by atomic mass is 9.97. The average molecular weight is 472 g/mol. The Morgan fingerprint density at radius 1 is 1.37 bits per heavy atom. The molecule has 158 valence electrons. The summed E-state index contributed by atoms with van der Waals surface area (Å²) >= 11 is 3.46. The van der Waals surface area contributed by atoms with E-state index >= 15 is 0 Å². The van der Waals surface area contributed by atoms with Crippen molar-refractivity contribution in [3.8, 4) is 17.2 Å². The Morgan fingerprint density at radius 2 is 2.17 bits per heavy atom. The molecule has 0 saturated carbocycles. The largest absolute Gasteiger partial charge is 0.507 e. The van der Waals surface area contributed by atoms with Gasteiger partial charge in [0.25, 0.3) is 0 Å². The number of piperidine rings is 1. The van der Waals surface area contributed by atoms with Gasteiger partial charge in [0.1, 0.15) is 17.2 Å². The van der Waals surface area contributed by atoms with Crippen molar-refractivity contribution in [1.29, 1.82) is 0 Å².